The lowest BCUT2D eigenvalue weighted by Gasteiger charge is -1.74. The van der Waals surface area contributed by atoms with E-state index in [1.54, 1.807) is 6.07 Å². The minimum absolute atomic E-state index is 0.194. The topological polar surface area (TPSA) is 56.8 Å². The number of nitrogens with zero attached hydrogens (tertiary/aromatic N) is 2. The Hall–Kier alpha value is -1.06. The van der Waals surface area contributed by atoms with Crippen molar-refractivity contribution in [1.82, 2.24) is 0 Å². The Bertz CT molecular complexity index is 109. The van der Waals surface area contributed by atoms with E-state index in [0.29, 0.717) is 6.42 Å². The van der Waals surface area contributed by atoms with Gasteiger partial charge in [-0.05, 0) is 0 Å². The van der Waals surface area contributed by atoms with Gasteiger partial charge in [0.1, 0.15) is 6.61 Å². The lowest BCUT2D eigenvalue weighted by Crippen LogP contribution is -1.77. The van der Waals surface area contributed by atoms with Crippen molar-refractivity contribution in [2.24, 2.45) is 0 Å². The van der Waals surface area contributed by atoms with Gasteiger partial charge < -0.3 is 4.74 Å². The minimum Gasteiger partial charge on any atom is -0.370 e. The summed E-state index contributed by atoms with van der Waals surface area (Å²) in [6.45, 7) is 2.01. The zero-order valence-electron chi connectivity index (χ0n) is 5.72. The first-order chi connectivity index (χ1) is 4.33. The second-order valence-corrected chi connectivity index (χ2v) is 1.10. The van der Waals surface area contributed by atoms with E-state index in [1.165, 1.54) is 7.11 Å². The SMILES string of the molecule is CCC#N.COCC#N. The van der Waals surface area contributed by atoms with Gasteiger partial charge in [-0.25, -0.2) is 0 Å². The lowest BCUT2D eigenvalue weighted by molar-refractivity contribution is 0.238. The maximum absolute atomic E-state index is 7.69. The second kappa shape index (κ2) is 15.8. The van der Waals surface area contributed by atoms with E-state index in [1.807, 2.05) is 13.0 Å². The highest BCUT2D eigenvalue weighted by Gasteiger charge is 1.62. The molecule has 0 aromatic carbocycles. The fourth-order valence-corrected chi connectivity index (χ4v) is 0.0645. The molecule has 0 saturated heterocycles. The molecule has 0 N–H and O–H groups in total. The summed E-state index contributed by atoms with van der Waals surface area (Å²) >= 11 is 0. The largest absolute Gasteiger partial charge is 0.370 e. The van der Waals surface area contributed by atoms with Crippen molar-refractivity contribution in [2.75, 3.05) is 13.7 Å². The predicted octanol–water partition coefficient (Wildman–Crippen LogP) is 1.08. The summed E-state index contributed by atoms with van der Waals surface area (Å²) in [5.41, 5.74) is 0. The number of rotatable bonds is 1. The average molecular weight is 126 g/mol. The molecule has 0 aliphatic heterocycles. The van der Waals surface area contributed by atoms with Crippen LogP contribution in [0.3, 0.4) is 0 Å². The molecule has 0 spiro atoms. The number of nitriles is 2. The summed E-state index contributed by atoms with van der Waals surface area (Å²) in [5, 5.41) is 15.3. The van der Waals surface area contributed by atoms with Gasteiger partial charge in [0.15, 0.2) is 0 Å². The fourth-order valence-electron chi connectivity index (χ4n) is 0.0645. The van der Waals surface area contributed by atoms with Crippen molar-refractivity contribution in [1.29, 1.82) is 10.5 Å². The van der Waals surface area contributed by atoms with Gasteiger partial charge in [0.25, 0.3) is 0 Å². The highest BCUT2D eigenvalue weighted by Crippen LogP contribution is 1.58. The number of hydrogen-bond donors (Lipinski definition) is 0. The van der Waals surface area contributed by atoms with Crippen molar-refractivity contribution in [3.63, 3.8) is 0 Å². The van der Waals surface area contributed by atoms with Crippen LogP contribution in [0.2, 0.25) is 0 Å². The van der Waals surface area contributed by atoms with Gasteiger partial charge in [-0.2, -0.15) is 10.5 Å². The summed E-state index contributed by atoms with van der Waals surface area (Å²) in [6, 6.07) is 3.73. The van der Waals surface area contributed by atoms with E-state index in [4.69, 9.17) is 10.5 Å². The van der Waals surface area contributed by atoms with Crippen LogP contribution < -0.4 is 0 Å². The summed E-state index contributed by atoms with van der Waals surface area (Å²) < 4.78 is 4.33. The van der Waals surface area contributed by atoms with Crippen LogP contribution in [0.1, 0.15) is 13.3 Å². The molecule has 3 nitrogen and oxygen atoms in total. The Kier molecular flexibility index (Phi) is 19.0. The Labute approximate surface area is 55.5 Å². The normalized spacial score (nSPS) is 5.78. The fraction of sp³-hybridized carbons (Fsp3) is 0.667. The summed E-state index contributed by atoms with van der Waals surface area (Å²) in [7, 11) is 1.49. The van der Waals surface area contributed by atoms with Crippen LogP contribution in [0.5, 0.6) is 0 Å². The molecular weight excluding hydrogens is 116 g/mol. The Morgan fingerprint density at radius 2 is 1.78 bits per heavy atom. The van der Waals surface area contributed by atoms with Gasteiger partial charge >= 0.3 is 0 Å². The standard InChI is InChI=1S/C3H5NO.C3H5N/c1-5-3-2-4;1-2-3-4/h3H2,1H3;2H2,1H3. The van der Waals surface area contributed by atoms with E-state index in [2.05, 4.69) is 4.74 Å². The number of methoxy groups -OCH3 is 1. The quantitative estimate of drug-likeness (QED) is 0.528. The zero-order chi connectivity index (χ0) is 7.54. The Morgan fingerprint density at radius 1 is 1.33 bits per heavy atom. The molecule has 0 heterocycles. The third kappa shape index (κ3) is 45.0. The molecule has 3 heteroatoms. The molecule has 0 aliphatic carbocycles. The van der Waals surface area contributed by atoms with Crippen LogP contribution in [0.4, 0.5) is 0 Å². The molecule has 0 unspecified atom stereocenters. The first-order valence-corrected chi connectivity index (χ1v) is 2.56. The molecule has 9 heavy (non-hydrogen) atoms. The van der Waals surface area contributed by atoms with Crippen LogP contribution in [0, 0.1) is 22.7 Å². The summed E-state index contributed by atoms with van der Waals surface area (Å²) in [5.74, 6) is 0. The first-order valence-electron chi connectivity index (χ1n) is 2.56. The summed E-state index contributed by atoms with van der Waals surface area (Å²) in [4.78, 5) is 0. The molecule has 0 atom stereocenters. The van der Waals surface area contributed by atoms with Gasteiger partial charge in [-0.3, -0.25) is 0 Å². The Morgan fingerprint density at radius 3 is 1.78 bits per heavy atom. The molecule has 0 aromatic heterocycles. The van der Waals surface area contributed by atoms with Crippen molar-refractivity contribution in [2.45, 2.75) is 13.3 Å². The van der Waals surface area contributed by atoms with E-state index in [0.717, 1.165) is 0 Å². The molecule has 0 bridgehead atoms. The summed E-state index contributed by atoms with van der Waals surface area (Å²) in [6.07, 6.45) is 0.625. The second-order valence-electron chi connectivity index (χ2n) is 1.10. The van der Waals surface area contributed by atoms with E-state index in [-0.39, 0.29) is 6.61 Å². The van der Waals surface area contributed by atoms with Crippen LogP contribution in [-0.2, 0) is 4.74 Å². The van der Waals surface area contributed by atoms with Gasteiger partial charge in [0.2, 0.25) is 0 Å². The van der Waals surface area contributed by atoms with Crippen molar-refractivity contribution < 1.29 is 4.74 Å². The highest BCUT2D eigenvalue weighted by atomic mass is 16.5. The van der Waals surface area contributed by atoms with Gasteiger partial charge in [0, 0.05) is 13.5 Å². The first kappa shape index (κ1) is 10.8. The van der Waals surface area contributed by atoms with Crippen molar-refractivity contribution >= 4 is 0 Å². The molecule has 0 fully saturated rings. The molecule has 0 aromatic rings. The monoisotopic (exact) mass is 126 g/mol. The van der Waals surface area contributed by atoms with Crippen molar-refractivity contribution in [3.05, 3.63) is 0 Å². The number of hydrogen-bond acceptors (Lipinski definition) is 3. The zero-order valence-corrected chi connectivity index (χ0v) is 5.72. The van der Waals surface area contributed by atoms with E-state index in [9.17, 15) is 0 Å². The predicted molar refractivity (Wildman–Crippen MR) is 33.4 cm³/mol. The molecule has 0 amide bonds. The minimum atomic E-state index is 0.194. The molecular formula is C6H10N2O. The van der Waals surface area contributed by atoms with Crippen molar-refractivity contribution in [3.8, 4) is 12.1 Å². The Balaban J connectivity index is 0. The average Bonchev–Trinajstić information content (AvgIpc) is 1.91. The lowest BCUT2D eigenvalue weighted by atomic mass is 10.6. The molecule has 0 aliphatic rings. The molecule has 0 radical (unpaired) electrons. The van der Waals surface area contributed by atoms with Crippen LogP contribution >= 0.6 is 0 Å². The molecule has 0 rings (SSSR count). The van der Waals surface area contributed by atoms with Crippen LogP contribution in [-0.4, -0.2) is 13.7 Å². The van der Waals surface area contributed by atoms with Gasteiger partial charge in [0.05, 0.1) is 12.1 Å². The highest BCUT2D eigenvalue weighted by molar-refractivity contribution is 4.64. The van der Waals surface area contributed by atoms with Crippen LogP contribution in [0.15, 0.2) is 0 Å². The van der Waals surface area contributed by atoms with Crippen LogP contribution in [0.25, 0.3) is 0 Å². The van der Waals surface area contributed by atoms with Gasteiger partial charge in [-0.15, -0.1) is 0 Å². The van der Waals surface area contributed by atoms with E-state index < -0.39 is 0 Å². The third-order valence-electron chi connectivity index (χ3n) is 0.367. The van der Waals surface area contributed by atoms with Gasteiger partial charge in [-0.1, -0.05) is 6.92 Å². The molecule has 50 valence electrons. The molecule has 0 saturated carbocycles. The maximum Gasteiger partial charge on any atom is 0.133 e. The van der Waals surface area contributed by atoms with E-state index >= 15 is 0 Å². The smallest absolute Gasteiger partial charge is 0.133 e. The maximum atomic E-state index is 7.69. The third-order valence-corrected chi connectivity index (χ3v) is 0.367. The number of ether oxygens (including phenoxy) is 1.